The summed E-state index contributed by atoms with van der Waals surface area (Å²) in [5, 5.41) is 7.86. The minimum absolute atomic E-state index is 0.0119. The maximum Gasteiger partial charge on any atom is 0.269 e. The van der Waals surface area contributed by atoms with Gasteiger partial charge in [-0.1, -0.05) is 6.07 Å². The zero-order valence-electron chi connectivity index (χ0n) is 22.7. The number of ether oxygens (including phenoxy) is 1. The van der Waals surface area contributed by atoms with E-state index < -0.39 is 44.8 Å². The smallest absolute Gasteiger partial charge is 0.269 e. The van der Waals surface area contributed by atoms with Crippen molar-refractivity contribution in [3.63, 3.8) is 0 Å². The third kappa shape index (κ3) is 5.97. The third-order valence-corrected chi connectivity index (χ3v) is 7.62. The average Bonchev–Trinajstić information content (AvgIpc) is 3.32. The van der Waals surface area contributed by atoms with Gasteiger partial charge in [0.25, 0.3) is 10.0 Å². The van der Waals surface area contributed by atoms with Crippen molar-refractivity contribution in [2.45, 2.75) is 44.7 Å². The van der Waals surface area contributed by atoms with Gasteiger partial charge in [0.05, 0.1) is 5.69 Å². The molecule has 2 aromatic heterocycles. The largest absolute Gasteiger partial charge is 0.365 e. The molecule has 2 heterocycles. The molecule has 0 radical (unpaired) electrons. The summed E-state index contributed by atoms with van der Waals surface area (Å²) in [5.74, 6) is -2.45. The fraction of sp³-hybridized carbons (Fsp3) is 0.286. The number of hydrogen-bond acceptors (Lipinski definition) is 6. The van der Waals surface area contributed by atoms with Gasteiger partial charge in [-0.15, -0.1) is 0 Å². The first kappa shape index (κ1) is 29.1. The maximum absolute atomic E-state index is 16.3. The highest BCUT2D eigenvalue weighted by Gasteiger charge is 2.32. The first-order chi connectivity index (χ1) is 18.9. The van der Waals surface area contributed by atoms with Crippen LogP contribution in [-0.2, 0) is 21.3 Å². The number of benzene rings is 2. The van der Waals surface area contributed by atoms with Gasteiger partial charge in [-0.2, -0.15) is 5.10 Å². The molecular weight excluding hydrogens is 543 g/mol. The minimum Gasteiger partial charge on any atom is -0.365 e. The normalized spacial score (nSPS) is 12.0. The number of methoxy groups -OCH3 is 1. The summed E-state index contributed by atoms with van der Waals surface area (Å²) < 4.78 is 78.7. The van der Waals surface area contributed by atoms with Gasteiger partial charge in [0.2, 0.25) is 0 Å². The van der Waals surface area contributed by atoms with E-state index in [4.69, 9.17) is 4.74 Å². The summed E-state index contributed by atoms with van der Waals surface area (Å²) in [6, 6.07) is 9.78. The quantitative estimate of drug-likeness (QED) is 0.245. The molecule has 4 aromatic rings. The van der Waals surface area contributed by atoms with Gasteiger partial charge in [0.15, 0.2) is 5.82 Å². The zero-order valence-corrected chi connectivity index (χ0v) is 23.6. The Labute approximate surface area is 231 Å². The van der Waals surface area contributed by atoms with E-state index in [2.05, 4.69) is 15.4 Å². The van der Waals surface area contributed by atoms with Crippen molar-refractivity contribution in [3.8, 4) is 22.4 Å². The van der Waals surface area contributed by atoms with Crippen LogP contribution in [0.3, 0.4) is 0 Å². The maximum atomic E-state index is 16.3. The number of sulfonamides is 1. The van der Waals surface area contributed by atoms with Crippen molar-refractivity contribution >= 4 is 21.5 Å². The summed E-state index contributed by atoms with van der Waals surface area (Å²) in [7, 11) is -3.56. The molecule has 0 saturated heterocycles. The van der Waals surface area contributed by atoms with Gasteiger partial charge in [0.1, 0.15) is 34.8 Å². The highest BCUT2D eigenvalue weighted by Crippen LogP contribution is 2.38. The Hall–Kier alpha value is -3.90. The van der Waals surface area contributed by atoms with Crippen LogP contribution in [0.5, 0.6) is 0 Å². The van der Waals surface area contributed by atoms with Crippen molar-refractivity contribution in [1.82, 2.24) is 14.8 Å². The van der Waals surface area contributed by atoms with Crippen molar-refractivity contribution in [2.75, 3.05) is 23.5 Å². The molecule has 12 heteroatoms. The van der Waals surface area contributed by atoms with E-state index in [1.807, 2.05) is 33.8 Å². The molecule has 212 valence electrons. The Morgan fingerprint density at radius 3 is 2.48 bits per heavy atom. The number of anilines is 2. The van der Waals surface area contributed by atoms with E-state index in [1.165, 1.54) is 25.3 Å². The summed E-state index contributed by atoms with van der Waals surface area (Å²) in [6.45, 7) is 7.72. The van der Waals surface area contributed by atoms with E-state index in [-0.39, 0.29) is 16.8 Å². The molecule has 40 heavy (non-hydrogen) atoms. The number of rotatable bonds is 9. The van der Waals surface area contributed by atoms with Crippen LogP contribution in [0.2, 0.25) is 0 Å². The summed E-state index contributed by atoms with van der Waals surface area (Å²) in [5.41, 5.74) is 0.919. The molecule has 0 bridgehead atoms. The van der Waals surface area contributed by atoms with Crippen LogP contribution >= 0.6 is 0 Å². The number of aryl methyl sites for hydroxylation is 1. The van der Waals surface area contributed by atoms with Gasteiger partial charge < -0.3 is 10.1 Å². The minimum atomic E-state index is -4.76. The molecular formula is C28H30F3N5O3S. The summed E-state index contributed by atoms with van der Waals surface area (Å²) in [4.78, 5) is 3.42. The van der Waals surface area contributed by atoms with Gasteiger partial charge in [-0.3, -0.25) is 4.68 Å². The van der Waals surface area contributed by atoms with Crippen molar-refractivity contribution in [2.24, 2.45) is 0 Å². The van der Waals surface area contributed by atoms with Crippen LogP contribution in [0.15, 0.2) is 65.8 Å². The molecule has 0 aliphatic heterocycles. The van der Waals surface area contributed by atoms with Gasteiger partial charge >= 0.3 is 0 Å². The van der Waals surface area contributed by atoms with Gasteiger partial charge in [0, 0.05) is 42.7 Å². The molecule has 0 unspecified atom stereocenters. The highest BCUT2D eigenvalue weighted by molar-refractivity contribution is 7.92. The molecule has 0 spiro atoms. The molecule has 8 nitrogen and oxygen atoms in total. The zero-order chi connectivity index (χ0) is 29.2. The Bertz CT molecular complexity index is 1630. The topological polar surface area (TPSA) is 89.4 Å². The van der Waals surface area contributed by atoms with Gasteiger partial charge in [-0.25, -0.2) is 30.9 Å². The molecule has 0 saturated carbocycles. The van der Waals surface area contributed by atoms with Crippen molar-refractivity contribution in [1.29, 1.82) is 0 Å². The standard InChI is InChI=1S/C28H30F3N5O3S/c1-6-35-16-21(18-12-13-32-25(14-18)33-28(2,3)4)27(34-35)20-8-7-9-23(26(20)31)36(17-39-5)40(37,38)24-15-19(29)10-11-22(24)30/h7-16H,6,17H2,1-5H3,(H,32,33). The van der Waals surface area contributed by atoms with Crippen molar-refractivity contribution < 1.29 is 26.3 Å². The first-order valence-corrected chi connectivity index (χ1v) is 13.9. The predicted octanol–water partition coefficient (Wildman–Crippen LogP) is 6.06. The number of hydrogen-bond donors (Lipinski definition) is 1. The van der Waals surface area contributed by atoms with Crippen molar-refractivity contribution in [3.05, 3.63) is 78.4 Å². The Morgan fingerprint density at radius 2 is 1.80 bits per heavy atom. The lowest BCUT2D eigenvalue weighted by atomic mass is 10.0. The lowest BCUT2D eigenvalue weighted by Crippen LogP contribution is -2.34. The Morgan fingerprint density at radius 1 is 1.05 bits per heavy atom. The fourth-order valence-corrected chi connectivity index (χ4v) is 5.58. The summed E-state index contributed by atoms with van der Waals surface area (Å²) >= 11 is 0. The highest BCUT2D eigenvalue weighted by atomic mass is 32.2. The number of nitrogens with one attached hydrogen (secondary N) is 1. The second-order valence-electron chi connectivity index (χ2n) is 10.0. The monoisotopic (exact) mass is 573 g/mol. The second-order valence-corrected chi connectivity index (χ2v) is 11.9. The molecule has 2 aromatic carbocycles. The molecule has 0 aliphatic carbocycles. The first-order valence-electron chi connectivity index (χ1n) is 12.4. The SMILES string of the molecule is CCn1cc(-c2ccnc(NC(C)(C)C)c2)c(-c2cccc(N(COC)S(=O)(=O)c3cc(F)ccc3F)c2F)n1. The Balaban J connectivity index is 1.87. The van der Waals surface area contributed by atoms with E-state index in [1.54, 1.807) is 23.1 Å². The number of aromatic nitrogens is 3. The van der Waals surface area contributed by atoms with Crippen LogP contribution in [-0.4, -0.2) is 42.6 Å². The second kappa shape index (κ2) is 11.3. The van der Waals surface area contributed by atoms with E-state index in [0.717, 1.165) is 6.07 Å². The molecule has 1 N–H and O–H groups in total. The van der Waals surface area contributed by atoms with E-state index in [0.29, 0.717) is 39.9 Å². The number of pyridine rings is 1. The number of nitrogens with zero attached hydrogens (tertiary/aromatic N) is 4. The lowest BCUT2D eigenvalue weighted by Gasteiger charge is -2.25. The fourth-order valence-electron chi connectivity index (χ4n) is 4.12. The van der Waals surface area contributed by atoms with Crippen LogP contribution in [0.1, 0.15) is 27.7 Å². The van der Waals surface area contributed by atoms with Crippen LogP contribution in [0.4, 0.5) is 24.7 Å². The van der Waals surface area contributed by atoms with E-state index in [9.17, 15) is 17.2 Å². The van der Waals surface area contributed by atoms with Crippen LogP contribution < -0.4 is 9.62 Å². The predicted molar refractivity (Wildman–Crippen MR) is 148 cm³/mol. The molecule has 0 fully saturated rings. The van der Waals surface area contributed by atoms with Crippen LogP contribution in [0.25, 0.3) is 22.4 Å². The molecule has 0 atom stereocenters. The molecule has 0 amide bonds. The van der Waals surface area contributed by atoms with Crippen LogP contribution in [0, 0.1) is 17.5 Å². The molecule has 4 rings (SSSR count). The molecule has 0 aliphatic rings. The third-order valence-electron chi connectivity index (χ3n) is 5.87. The van der Waals surface area contributed by atoms with Gasteiger partial charge in [-0.05, 0) is 75.7 Å². The van der Waals surface area contributed by atoms with E-state index >= 15 is 4.39 Å². The number of halogens is 3. The Kier molecular flexibility index (Phi) is 8.22. The summed E-state index contributed by atoms with van der Waals surface area (Å²) in [6.07, 6.45) is 3.40. The lowest BCUT2D eigenvalue weighted by molar-refractivity contribution is 0.209. The average molecular weight is 574 g/mol.